The van der Waals surface area contributed by atoms with Gasteiger partial charge in [0.1, 0.15) is 5.75 Å². The Hall–Kier alpha value is -2.03. The van der Waals surface area contributed by atoms with E-state index in [0.717, 1.165) is 83.1 Å². The van der Waals surface area contributed by atoms with E-state index < -0.39 is 0 Å². The van der Waals surface area contributed by atoms with Gasteiger partial charge < -0.3 is 9.47 Å². The van der Waals surface area contributed by atoms with Crippen molar-refractivity contribution < 1.29 is 9.47 Å². The highest BCUT2D eigenvalue weighted by molar-refractivity contribution is 5.33. The second-order valence-corrected chi connectivity index (χ2v) is 8.28. The Morgan fingerprint density at radius 1 is 1.20 bits per heavy atom. The largest absolute Gasteiger partial charge is 0.496 e. The Balaban J connectivity index is 1.39. The molecule has 2 atom stereocenters. The Labute approximate surface area is 179 Å². The summed E-state index contributed by atoms with van der Waals surface area (Å²) in [6, 6.07) is 8.57. The molecule has 0 bridgehead atoms. The maximum atomic E-state index is 5.81. The summed E-state index contributed by atoms with van der Waals surface area (Å²) in [6.45, 7) is 8.88. The molecule has 2 unspecified atom stereocenters. The minimum Gasteiger partial charge on any atom is -0.496 e. The summed E-state index contributed by atoms with van der Waals surface area (Å²) in [5.41, 5.74) is 1.25. The van der Waals surface area contributed by atoms with Crippen LogP contribution < -0.4 is 4.74 Å². The van der Waals surface area contributed by atoms with Crippen molar-refractivity contribution in [3.05, 3.63) is 35.7 Å². The smallest absolute Gasteiger partial charge is 0.168 e. The highest BCUT2D eigenvalue weighted by atomic mass is 16.5. The van der Waals surface area contributed by atoms with Gasteiger partial charge in [0.05, 0.1) is 25.8 Å². The first-order valence-electron chi connectivity index (χ1n) is 11.2. The van der Waals surface area contributed by atoms with Crippen molar-refractivity contribution in [2.45, 2.75) is 57.8 Å². The van der Waals surface area contributed by atoms with E-state index in [9.17, 15) is 0 Å². The second kappa shape index (κ2) is 10.3. The van der Waals surface area contributed by atoms with Crippen LogP contribution >= 0.6 is 0 Å². The topological polar surface area (TPSA) is 68.5 Å². The minimum absolute atomic E-state index is 0.243. The van der Waals surface area contributed by atoms with Crippen LogP contribution in [0, 0.1) is 0 Å². The normalized spacial score (nSPS) is 21.7. The summed E-state index contributed by atoms with van der Waals surface area (Å²) >= 11 is 0. The molecule has 0 radical (unpaired) electrons. The third-order valence-corrected chi connectivity index (χ3v) is 6.25. The number of hydrogen-bond acceptors (Lipinski definition) is 7. The molecule has 2 aliphatic heterocycles. The lowest BCUT2D eigenvalue weighted by Crippen LogP contribution is -2.47. The number of hydrogen-bond donors (Lipinski definition) is 0. The summed E-state index contributed by atoms with van der Waals surface area (Å²) in [5, 5.41) is 12.7. The van der Waals surface area contributed by atoms with Crippen molar-refractivity contribution >= 4 is 0 Å². The van der Waals surface area contributed by atoms with Crippen LogP contribution in [0.4, 0.5) is 0 Å². The van der Waals surface area contributed by atoms with Crippen molar-refractivity contribution in [3.8, 4) is 5.75 Å². The van der Waals surface area contributed by atoms with Crippen molar-refractivity contribution in [1.29, 1.82) is 0 Å². The molecular weight excluding hydrogens is 380 g/mol. The molecule has 0 N–H and O–H groups in total. The van der Waals surface area contributed by atoms with E-state index in [1.165, 1.54) is 5.56 Å². The predicted octanol–water partition coefficient (Wildman–Crippen LogP) is 2.52. The molecule has 8 nitrogen and oxygen atoms in total. The molecule has 8 heteroatoms. The number of aromatic nitrogens is 4. The van der Waals surface area contributed by atoms with Gasteiger partial charge in [0, 0.05) is 44.9 Å². The molecule has 0 amide bonds. The molecule has 3 heterocycles. The first kappa shape index (κ1) is 21.2. The zero-order chi connectivity index (χ0) is 20.8. The standard InChI is InChI=1S/C22H34N6O2/c1-3-7-20(22-23-24-25-28(22)17-19-9-6-15-30-19)27-13-11-26(12-14-27)16-18-8-4-5-10-21(18)29-2/h4-5,8,10,19-20H,3,6-7,9,11-17H2,1-2H3. The molecule has 1 aromatic carbocycles. The van der Waals surface area contributed by atoms with E-state index in [1.54, 1.807) is 7.11 Å². The van der Waals surface area contributed by atoms with Gasteiger partial charge in [0.2, 0.25) is 0 Å². The lowest BCUT2D eigenvalue weighted by molar-refractivity contribution is 0.0732. The van der Waals surface area contributed by atoms with Crippen LogP contribution in [0.3, 0.4) is 0 Å². The molecule has 2 saturated heterocycles. The van der Waals surface area contributed by atoms with Gasteiger partial charge in [-0.15, -0.1) is 5.10 Å². The van der Waals surface area contributed by atoms with Crippen LogP contribution in [-0.4, -0.2) is 76.0 Å². The zero-order valence-electron chi connectivity index (χ0n) is 18.2. The van der Waals surface area contributed by atoms with Crippen molar-refractivity contribution in [1.82, 2.24) is 30.0 Å². The average molecular weight is 415 g/mol. The third kappa shape index (κ3) is 4.99. The number of para-hydroxylation sites is 1. The quantitative estimate of drug-likeness (QED) is 0.624. The lowest BCUT2D eigenvalue weighted by Gasteiger charge is -2.39. The number of ether oxygens (including phenoxy) is 2. The van der Waals surface area contributed by atoms with Gasteiger partial charge in [0.25, 0.3) is 0 Å². The monoisotopic (exact) mass is 414 g/mol. The van der Waals surface area contributed by atoms with Gasteiger partial charge >= 0.3 is 0 Å². The first-order chi connectivity index (χ1) is 14.8. The lowest BCUT2D eigenvalue weighted by atomic mass is 10.1. The van der Waals surface area contributed by atoms with Gasteiger partial charge in [0.15, 0.2) is 5.82 Å². The zero-order valence-corrected chi connectivity index (χ0v) is 18.2. The van der Waals surface area contributed by atoms with Crippen molar-refractivity contribution in [2.75, 3.05) is 39.9 Å². The van der Waals surface area contributed by atoms with Gasteiger partial charge in [-0.3, -0.25) is 9.80 Å². The molecule has 164 valence electrons. The SMILES string of the molecule is CCCC(c1nnnn1CC1CCCO1)N1CCN(Cc2ccccc2OC)CC1. The van der Waals surface area contributed by atoms with Crippen LogP contribution in [0.1, 0.15) is 50.0 Å². The highest BCUT2D eigenvalue weighted by Gasteiger charge is 2.30. The molecule has 2 aliphatic rings. The second-order valence-electron chi connectivity index (χ2n) is 8.28. The molecule has 30 heavy (non-hydrogen) atoms. The molecule has 0 aliphatic carbocycles. The third-order valence-electron chi connectivity index (χ3n) is 6.25. The molecule has 0 spiro atoms. The number of piperazine rings is 1. The fraction of sp³-hybridized carbons (Fsp3) is 0.682. The highest BCUT2D eigenvalue weighted by Crippen LogP contribution is 2.27. The van der Waals surface area contributed by atoms with E-state index in [0.29, 0.717) is 0 Å². The Bertz CT molecular complexity index is 783. The molecular formula is C22H34N6O2. The summed E-state index contributed by atoms with van der Waals surface area (Å²) < 4.78 is 13.3. The maximum absolute atomic E-state index is 5.81. The van der Waals surface area contributed by atoms with E-state index >= 15 is 0 Å². The van der Waals surface area contributed by atoms with E-state index in [1.807, 2.05) is 16.8 Å². The Morgan fingerprint density at radius 3 is 2.77 bits per heavy atom. The molecule has 2 aromatic rings. The van der Waals surface area contributed by atoms with Crippen LogP contribution in [0.25, 0.3) is 0 Å². The number of benzene rings is 1. The van der Waals surface area contributed by atoms with Gasteiger partial charge in [-0.25, -0.2) is 4.68 Å². The average Bonchev–Trinajstić information content (AvgIpc) is 3.46. The molecule has 4 rings (SSSR count). The van der Waals surface area contributed by atoms with Crippen LogP contribution in [-0.2, 0) is 17.8 Å². The Morgan fingerprint density at radius 2 is 2.03 bits per heavy atom. The van der Waals surface area contributed by atoms with E-state index in [4.69, 9.17) is 9.47 Å². The number of tetrazole rings is 1. The molecule has 2 fully saturated rings. The Kier molecular flexibility index (Phi) is 7.30. The van der Waals surface area contributed by atoms with Crippen LogP contribution in [0.15, 0.2) is 24.3 Å². The van der Waals surface area contributed by atoms with Crippen molar-refractivity contribution in [2.24, 2.45) is 0 Å². The molecule has 0 saturated carbocycles. The maximum Gasteiger partial charge on any atom is 0.168 e. The number of nitrogens with zero attached hydrogens (tertiary/aromatic N) is 6. The van der Waals surface area contributed by atoms with E-state index in [2.05, 4.69) is 44.4 Å². The number of methoxy groups -OCH3 is 1. The number of rotatable bonds is 9. The van der Waals surface area contributed by atoms with Gasteiger partial charge in [-0.1, -0.05) is 31.5 Å². The fourth-order valence-electron chi connectivity index (χ4n) is 4.62. The molecule has 1 aromatic heterocycles. The summed E-state index contributed by atoms with van der Waals surface area (Å²) in [5.74, 6) is 1.96. The summed E-state index contributed by atoms with van der Waals surface area (Å²) in [4.78, 5) is 5.06. The first-order valence-corrected chi connectivity index (χ1v) is 11.2. The van der Waals surface area contributed by atoms with Crippen LogP contribution in [0.5, 0.6) is 5.75 Å². The van der Waals surface area contributed by atoms with Crippen molar-refractivity contribution in [3.63, 3.8) is 0 Å². The van der Waals surface area contributed by atoms with E-state index in [-0.39, 0.29) is 12.1 Å². The minimum atomic E-state index is 0.243. The van der Waals surface area contributed by atoms with Crippen LogP contribution in [0.2, 0.25) is 0 Å². The summed E-state index contributed by atoms with van der Waals surface area (Å²) in [6.07, 6.45) is 4.65. The van der Waals surface area contributed by atoms with Gasteiger partial charge in [-0.05, 0) is 35.8 Å². The predicted molar refractivity (Wildman–Crippen MR) is 114 cm³/mol. The summed E-state index contributed by atoms with van der Waals surface area (Å²) in [7, 11) is 1.74. The van der Waals surface area contributed by atoms with Gasteiger partial charge in [-0.2, -0.15) is 0 Å². The fourth-order valence-corrected chi connectivity index (χ4v) is 4.62.